The van der Waals surface area contributed by atoms with Crippen molar-refractivity contribution in [1.29, 1.82) is 0 Å². The fourth-order valence-electron chi connectivity index (χ4n) is 2.64. The van der Waals surface area contributed by atoms with Crippen LogP contribution in [0.15, 0.2) is 16.3 Å². The Kier molecular flexibility index (Phi) is 3.15. The van der Waals surface area contributed by atoms with Crippen molar-refractivity contribution in [2.75, 3.05) is 0 Å². The molecule has 21 heavy (non-hydrogen) atoms. The highest BCUT2D eigenvalue weighted by atomic mass is 16.7. The molecule has 0 aliphatic carbocycles. The number of hydrogen-bond acceptors (Lipinski definition) is 4. The fourth-order valence-corrected chi connectivity index (χ4v) is 2.64. The second kappa shape index (κ2) is 4.55. The van der Waals surface area contributed by atoms with Gasteiger partial charge in [-0.1, -0.05) is 0 Å². The van der Waals surface area contributed by atoms with E-state index >= 15 is 0 Å². The van der Waals surface area contributed by atoms with Crippen molar-refractivity contribution in [2.45, 2.75) is 58.8 Å². The first kappa shape index (κ1) is 14.5. The van der Waals surface area contributed by atoms with E-state index in [1.54, 1.807) is 10.6 Å². The first-order valence-electron chi connectivity index (χ1n) is 7.34. The highest BCUT2D eigenvalue weighted by Crippen LogP contribution is 2.39. The molecule has 6 heteroatoms. The van der Waals surface area contributed by atoms with Gasteiger partial charge < -0.3 is 9.31 Å². The maximum Gasteiger partial charge on any atom is 0.490 e. The van der Waals surface area contributed by atoms with Gasteiger partial charge in [0.1, 0.15) is 5.82 Å². The zero-order valence-corrected chi connectivity index (χ0v) is 13.3. The van der Waals surface area contributed by atoms with Gasteiger partial charge in [-0.15, -0.1) is 0 Å². The van der Waals surface area contributed by atoms with Crippen LogP contribution < -0.4 is 5.56 Å². The van der Waals surface area contributed by atoms with E-state index in [2.05, 4.69) is 4.98 Å². The summed E-state index contributed by atoms with van der Waals surface area (Å²) in [6, 6.07) is 1.57. The van der Waals surface area contributed by atoms with Crippen molar-refractivity contribution < 1.29 is 9.31 Å². The molecule has 112 valence electrons. The molecular formula is C15H21BN2O3. The molecule has 1 aromatic heterocycles. The van der Waals surface area contributed by atoms with E-state index in [4.69, 9.17) is 9.31 Å². The van der Waals surface area contributed by atoms with Crippen LogP contribution in [0.3, 0.4) is 0 Å². The number of fused-ring (bicyclic) bond motifs is 1. The predicted molar refractivity (Wildman–Crippen MR) is 81.9 cm³/mol. The highest BCUT2D eigenvalue weighted by molar-refractivity contribution is 6.55. The fraction of sp³-hybridized carbons (Fsp3) is 0.600. The number of aryl methyl sites for hydroxylation is 1. The number of aromatic nitrogens is 2. The van der Waals surface area contributed by atoms with Gasteiger partial charge in [0.15, 0.2) is 0 Å². The van der Waals surface area contributed by atoms with Crippen molar-refractivity contribution in [3.8, 4) is 0 Å². The Morgan fingerprint density at radius 2 is 1.86 bits per heavy atom. The Morgan fingerprint density at radius 1 is 1.24 bits per heavy atom. The summed E-state index contributed by atoms with van der Waals surface area (Å²) in [4.78, 5) is 16.4. The molecule has 0 atom stereocenters. The summed E-state index contributed by atoms with van der Waals surface area (Å²) in [5, 5.41) is 0. The Hall–Kier alpha value is -1.40. The van der Waals surface area contributed by atoms with Crippen LogP contribution in [0.4, 0.5) is 0 Å². The van der Waals surface area contributed by atoms with Gasteiger partial charge in [-0.3, -0.25) is 9.36 Å². The van der Waals surface area contributed by atoms with E-state index in [0.29, 0.717) is 12.4 Å². The third-order valence-corrected chi connectivity index (χ3v) is 4.66. The van der Waals surface area contributed by atoms with Crippen LogP contribution in [-0.2, 0) is 15.9 Å². The van der Waals surface area contributed by atoms with Crippen LogP contribution in [0.1, 0.15) is 45.6 Å². The van der Waals surface area contributed by atoms with Crippen molar-refractivity contribution in [2.24, 2.45) is 0 Å². The van der Waals surface area contributed by atoms with Gasteiger partial charge in [0.05, 0.1) is 11.2 Å². The lowest BCUT2D eigenvalue weighted by atomic mass is 9.75. The summed E-state index contributed by atoms with van der Waals surface area (Å²) in [5.41, 5.74) is 1.08. The van der Waals surface area contributed by atoms with Crippen LogP contribution in [0.2, 0.25) is 0 Å². The summed E-state index contributed by atoms with van der Waals surface area (Å²) in [7, 11) is -0.360. The zero-order valence-electron chi connectivity index (χ0n) is 13.3. The summed E-state index contributed by atoms with van der Waals surface area (Å²) >= 11 is 0. The lowest BCUT2D eigenvalue weighted by Gasteiger charge is -2.32. The molecule has 0 radical (unpaired) electrons. The first-order valence-corrected chi connectivity index (χ1v) is 7.34. The van der Waals surface area contributed by atoms with E-state index in [9.17, 15) is 4.79 Å². The molecule has 3 rings (SSSR count). The molecule has 0 spiro atoms. The molecule has 2 aliphatic heterocycles. The quantitative estimate of drug-likeness (QED) is 0.741. The number of allylic oxidation sites excluding steroid dienone is 1. The Morgan fingerprint density at radius 3 is 2.48 bits per heavy atom. The van der Waals surface area contributed by atoms with Gasteiger partial charge >= 0.3 is 7.12 Å². The van der Waals surface area contributed by atoms with Crippen LogP contribution in [0, 0.1) is 6.92 Å². The molecule has 0 bridgehead atoms. The smallest absolute Gasteiger partial charge is 0.400 e. The minimum absolute atomic E-state index is 0.00159. The van der Waals surface area contributed by atoms with Crippen molar-refractivity contribution in [3.05, 3.63) is 33.4 Å². The second-order valence-electron chi connectivity index (χ2n) is 6.80. The van der Waals surface area contributed by atoms with Gasteiger partial charge in [0, 0.05) is 18.3 Å². The largest absolute Gasteiger partial charge is 0.490 e. The van der Waals surface area contributed by atoms with E-state index in [0.717, 1.165) is 17.6 Å². The number of rotatable bonds is 1. The molecular weight excluding hydrogens is 267 g/mol. The average Bonchev–Trinajstić information content (AvgIpc) is 2.57. The van der Waals surface area contributed by atoms with Crippen molar-refractivity contribution in [1.82, 2.24) is 9.55 Å². The summed E-state index contributed by atoms with van der Waals surface area (Å²) < 4.78 is 13.8. The van der Waals surface area contributed by atoms with Crippen molar-refractivity contribution in [3.63, 3.8) is 0 Å². The van der Waals surface area contributed by atoms with Gasteiger partial charge in [-0.2, -0.15) is 0 Å². The number of nitrogens with zero attached hydrogens (tertiary/aromatic N) is 2. The summed E-state index contributed by atoms with van der Waals surface area (Å²) in [5.74, 6) is 0.691. The maximum atomic E-state index is 12.0. The van der Waals surface area contributed by atoms with Gasteiger partial charge in [-0.05, 0) is 52.6 Å². The Labute approximate surface area is 125 Å². The first-order chi connectivity index (χ1) is 9.69. The third kappa shape index (κ3) is 2.36. The lowest BCUT2D eigenvalue weighted by Crippen LogP contribution is -2.41. The molecule has 0 saturated carbocycles. The minimum Gasteiger partial charge on any atom is -0.400 e. The number of hydrogen-bond donors (Lipinski definition) is 0. The van der Waals surface area contributed by atoms with Crippen molar-refractivity contribution >= 4 is 13.2 Å². The third-order valence-electron chi connectivity index (χ3n) is 4.66. The molecule has 0 unspecified atom stereocenters. The van der Waals surface area contributed by atoms with Crippen LogP contribution in [0.5, 0.6) is 0 Å². The van der Waals surface area contributed by atoms with E-state index < -0.39 is 0 Å². The molecule has 0 N–H and O–H groups in total. The topological polar surface area (TPSA) is 53.4 Å². The van der Waals surface area contributed by atoms with Gasteiger partial charge in [0.25, 0.3) is 5.56 Å². The molecule has 3 heterocycles. The molecule has 1 saturated heterocycles. The summed E-state index contributed by atoms with van der Waals surface area (Å²) in [6.07, 6.45) is 2.68. The van der Waals surface area contributed by atoms with E-state index in [1.807, 2.05) is 40.7 Å². The van der Waals surface area contributed by atoms with Crippen LogP contribution >= 0.6 is 0 Å². The lowest BCUT2D eigenvalue weighted by molar-refractivity contribution is 0.00578. The Bertz CT molecular complexity index is 660. The maximum absolute atomic E-state index is 12.0. The van der Waals surface area contributed by atoms with E-state index in [-0.39, 0.29) is 23.9 Å². The Balaban J connectivity index is 1.96. The molecule has 1 aromatic rings. The van der Waals surface area contributed by atoms with Crippen LogP contribution in [-0.4, -0.2) is 27.9 Å². The minimum atomic E-state index is -0.360. The average molecular weight is 288 g/mol. The molecule has 5 nitrogen and oxygen atoms in total. The predicted octanol–water partition coefficient (Wildman–Crippen LogP) is 1.97. The van der Waals surface area contributed by atoms with Gasteiger partial charge in [-0.25, -0.2) is 4.98 Å². The van der Waals surface area contributed by atoms with E-state index in [1.165, 1.54) is 0 Å². The molecule has 2 aliphatic rings. The standard InChI is InChI=1S/C15H21BN2O3/c1-10-8-13(19)18-7-6-11(9-12(18)17-10)16-20-14(2,3)15(4,5)21-16/h8-9H,6-7H2,1-5H3. The summed E-state index contributed by atoms with van der Waals surface area (Å²) in [6.45, 7) is 10.6. The second-order valence-corrected chi connectivity index (χ2v) is 6.80. The SMILES string of the molecule is Cc1cc(=O)n2c(n1)C=C(B1OC(C)(C)C(C)(C)O1)CC2. The molecule has 0 aromatic carbocycles. The normalized spacial score (nSPS) is 22.9. The van der Waals surface area contributed by atoms with Crippen LogP contribution in [0.25, 0.3) is 6.08 Å². The zero-order chi connectivity index (χ0) is 15.4. The molecule has 1 fully saturated rings. The highest BCUT2D eigenvalue weighted by Gasteiger charge is 2.52. The molecule has 0 amide bonds. The monoisotopic (exact) mass is 288 g/mol. The van der Waals surface area contributed by atoms with Gasteiger partial charge in [0.2, 0.25) is 0 Å².